The molecule has 7 nitrogen and oxygen atoms in total. The van der Waals surface area contributed by atoms with E-state index in [4.69, 9.17) is 21.1 Å². The Bertz CT molecular complexity index is 773. The van der Waals surface area contributed by atoms with Gasteiger partial charge in [-0.25, -0.2) is 14.8 Å². The van der Waals surface area contributed by atoms with Crippen LogP contribution >= 0.6 is 11.6 Å². The van der Waals surface area contributed by atoms with Crippen LogP contribution in [0, 0.1) is 0 Å². The second-order valence-corrected chi connectivity index (χ2v) is 6.98. The maximum atomic E-state index is 12.1. The quantitative estimate of drug-likeness (QED) is 0.699. The molecule has 2 aromatic rings. The smallest absolute Gasteiger partial charge is 0.343 e. The number of hydrogen-bond donors (Lipinski definition) is 1. The molecule has 0 spiro atoms. The maximum absolute atomic E-state index is 12.1. The van der Waals surface area contributed by atoms with Crippen LogP contribution < -0.4 is 10.1 Å². The highest BCUT2D eigenvalue weighted by atomic mass is 35.5. The Morgan fingerprint density at radius 2 is 2.20 bits per heavy atom. The van der Waals surface area contributed by atoms with Crippen LogP contribution in [0.4, 0.5) is 5.82 Å². The van der Waals surface area contributed by atoms with Gasteiger partial charge in [-0.05, 0) is 17.7 Å². The summed E-state index contributed by atoms with van der Waals surface area (Å²) in [4.78, 5) is 20.0. The van der Waals surface area contributed by atoms with Gasteiger partial charge in [-0.2, -0.15) is 0 Å². The van der Waals surface area contributed by atoms with Crippen molar-refractivity contribution in [2.24, 2.45) is 0 Å². The Hall–Kier alpha value is -2.19. The van der Waals surface area contributed by atoms with Crippen LogP contribution in [0.1, 0.15) is 15.9 Å². The fourth-order valence-corrected chi connectivity index (χ4v) is 2.55. The van der Waals surface area contributed by atoms with Crippen LogP contribution in [0.2, 0.25) is 5.02 Å². The zero-order valence-electron chi connectivity index (χ0n) is 13.8. The van der Waals surface area contributed by atoms with Crippen LogP contribution in [0.25, 0.3) is 0 Å². The largest absolute Gasteiger partial charge is 0.495 e. The van der Waals surface area contributed by atoms with Gasteiger partial charge in [0.05, 0.1) is 17.9 Å². The number of esters is 1. The molecule has 0 saturated carbocycles. The standard InChI is InChI=1S/C16H18ClN3O4S/c1-23-14-4-3-11(7-13(14)17)8-19-15-12(9-18-10-20-15)16(21)24-5-6-25(2)22/h3-4,7,9-10H,5-6,8H2,1-2H3,(H,18,19,20). The highest BCUT2D eigenvalue weighted by Crippen LogP contribution is 2.25. The molecule has 1 heterocycles. The molecule has 0 aliphatic heterocycles. The molecule has 0 amide bonds. The molecule has 2 rings (SSSR count). The Morgan fingerprint density at radius 3 is 2.88 bits per heavy atom. The molecule has 1 aromatic carbocycles. The third-order valence-corrected chi connectivity index (χ3v) is 4.25. The monoisotopic (exact) mass is 383 g/mol. The number of hydrogen-bond acceptors (Lipinski definition) is 7. The van der Waals surface area contributed by atoms with Gasteiger partial charge in [0.1, 0.15) is 30.1 Å². The summed E-state index contributed by atoms with van der Waals surface area (Å²) < 4.78 is 21.2. The molecular weight excluding hydrogens is 366 g/mol. The van der Waals surface area contributed by atoms with E-state index in [1.807, 2.05) is 6.07 Å². The number of benzene rings is 1. The molecule has 1 unspecified atom stereocenters. The Kier molecular flexibility index (Phi) is 7.15. The number of aromatic nitrogens is 2. The van der Waals surface area contributed by atoms with E-state index in [1.54, 1.807) is 25.5 Å². The van der Waals surface area contributed by atoms with E-state index >= 15 is 0 Å². The summed E-state index contributed by atoms with van der Waals surface area (Å²) in [5.74, 6) is 0.655. The molecule has 9 heteroatoms. The first-order valence-corrected chi connectivity index (χ1v) is 9.45. The summed E-state index contributed by atoms with van der Waals surface area (Å²) in [6, 6.07) is 5.38. The van der Waals surface area contributed by atoms with Gasteiger partial charge >= 0.3 is 5.97 Å². The number of nitrogens with zero attached hydrogens (tertiary/aromatic N) is 2. The molecule has 0 aliphatic carbocycles. The van der Waals surface area contributed by atoms with Gasteiger partial charge in [0.15, 0.2) is 0 Å². The second-order valence-electron chi connectivity index (χ2n) is 5.02. The van der Waals surface area contributed by atoms with E-state index in [0.717, 1.165) is 5.56 Å². The lowest BCUT2D eigenvalue weighted by Crippen LogP contribution is -2.15. The summed E-state index contributed by atoms with van der Waals surface area (Å²) in [6.07, 6.45) is 4.26. The Balaban J connectivity index is 2.03. The predicted octanol–water partition coefficient (Wildman–Crippen LogP) is 2.29. The first kappa shape index (κ1) is 19.1. The van der Waals surface area contributed by atoms with E-state index in [-0.39, 0.29) is 17.9 Å². The zero-order chi connectivity index (χ0) is 18.2. The van der Waals surface area contributed by atoms with Gasteiger partial charge in [-0.1, -0.05) is 17.7 Å². The van der Waals surface area contributed by atoms with Gasteiger partial charge < -0.3 is 14.8 Å². The van der Waals surface area contributed by atoms with E-state index in [9.17, 15) is 9.00 Å². The van der Waals surface area contributed by atoms with Crippen LogP contribution in [-0.4, -0.2) is 45.9 Å². The van der Waals surface area contributed by atoms with Gasteiger partial charge in [-0.15, -0.1) is 0 Å². The van der Waals surface area contributed by atoms with E-state index < -0.39 is 16.8 Å². The maximum Gasteiger partial charge on any atom is 0.343 e. The van der Waals surface area contributed by atoms with Crippen LogP contribution in [-0.2, 0) is 22.1 Å². The van der Waals surface area contributed by atoms with Gasteiger partial charge in [0.25, 0.3) is 0 Å². The van der Waals surface area contributed by atoms with Crippen LogP contribution in [0.3, 0.4) is 0 Å². The second kappa shape index (κ2) is 9.33. The minimum Gasteiger partial charge on any atom is -0.495 e. The van der Waals surface area contributed by atoms with Crippen LogP contribution in [0.5, 0.6) is 5.75 Å². The molecule has 1 aromatic heterocycles. The van der Waals surface area contributed by atoms with Crippen molar-refractivity contribution in [2.75, 3.05) is 31.0 Å². The molecule has 1 N–H and O–H groups in total. The number of halogens is 1. The number of rotatable bonds is 8. The van der Waals surface area contributed by atoms with Crippen molar-refractivity contribution in [3.05, 3.63) is 46.9 Å². The Labute approximate surface area is 153 Å². The Morgan fingerprint density at radius 1 is 1.40 bits per heavy atom. The molecular formula is C16H18ClN3O4S. The van der Waals surface area contributed by atoms with Crippen LogP contribution in [0.15, 0.2) is 30.7 Å². The molecule has 0 fully saturated rings. The highest BCUT2D eigenvalue weighted by molar-refractivity contribution is 7.84. The van der Waals surface area contributed by atoms with Crippen molar-refractivity contribution < 1.29 is 18.5 Å². The van der Waals surface area contributed by atoms with Gasteiger partial charge in [-0.3, -0.25) is 4.21 Å². The van der Waals surface area contributed by atoms with Crippen molar-refractivity contribution in [3.8, 4) is 5.75 Å². The molecule has 0 bridgehead atoms. The first-order chi connectivity index (χ1) is 12.0. The van der Waals surface area contributed by atoms with E-state index in [2.05, 4.69) is 15.3 Å². The van der Waals surface area contributed by atoms with Crippen molar-refractivity contribution in [3.63, 3.8) is 0 Å². The van der Waals surface area contributed by atoms with Crippen molar-refractivity contribution in [1.29, 1.82) is 0 Å². The minimum atomic E-state index is -1.02. The number of methoxy groups -OCH3 is 1. The average molecular weight is 384 g/mol. The van der Waals surface area contributed by atoms with Crippen molar-refractivity contribution in [2.45, 2.75) is 6.54 Å². The first-order valence-electron chi connectivity index (χ1n) is 7.34. The summed E-state index contributed by atoms with van der Waals surface area (Å²) in [5.41, 5.74) is 1.11. The van der Waals surface area contributed by atoms with Gasteiger partial charge in [0.2, 0.25) is 0 Å². The average Bonchev–Trinajstić information content (AvgIpc) is 2.60. The van der Waals surface area contributed by atoms with E-state index in [0.29, 0.717) is 23.1 Å². The molecule has 0 aliphatic rings. The molecule has 25 heavy (non-hydrogen) atoms. The van der Waals surface area contributed by atoms with E-state index in [1.165, 1.54) is 12.5 Å². The lowest BCUT2D eigenvalue weighted by molar-refractivity contribution is 0.0530. The summed E-state index contributed by atoms with van der Waals surface area (Å²) in [7, 11) is 0.524. The zero-order valence-corrected chi connectivity index (χ0v) is 15.4. The van der Waals surface area contributed by atoms with Crippen molar-refractivity contribution in [1.82, 2.24) is 9.97 Å². The molecule has 0 saturated heterocycles. The fraction of sp³-hybridized carbons (Fsp3) is 0.312. The number of ether oxygens (including phenoxy) is 2. The number of carbonyl (C=O) groups excluding carboxylic acids is 1. The lowest BCUT2D eigenvalue weighted by atomic mass is 10.2. The lowest BCUT2D eigenvalue weighted by Gasteiger charge is -2.11. The topological polar surface area (TPSA) is 90.4 Å². The molecule has 0 radical (unpaired) electrons. The number of anilines is 1. The predicted molar refractivity (Wildman–Crippen MR) is 96.6 cm³/mol. The highest BCUT2D eigenvalue weighted by Gasteiger charge is 2.15. The summed E-state index contributed by atoms with van der Waals surface area (Å²) in [5, 5.41) is 3.56. The normalized spacial score (nSPS) is 11.6. The summed E-state index contributed by atoms with van der Waals surface area (Å²) in [6.45, 7) is 0.477. The molecule has 134 valence electrons. The van der Waals surface area contributed by atoms with Crippen molar-refractivity contribution >= 4 is 34.2 Å². The van der Waals surface area contributed by atoms with Gasteiger partial charge in [0, 0.05) is 29.8 Å². The molecule has 1 atom stereocenters. The minimum absolute atomic E-state index is 0.0738. The number of carbonyl (C=O) groups is 1. The third-order valence-electron chi connectivity index (χ3n) is 3.21. The third kappa shape index (κ3) is 5.68. The fourth-order valence-electron chi connectivity index (χ4n) is 1.95. The SMILES string of the molecule is COc1ccc(CNc2ncncc2C(=O)OCCS(C)=O)cc1Cl. The number of nitrogens with one attached hydrogen (secondary N) is 1. The summed E-state index contributed by atoms with van der Waals surface area (Å²) >= 11 is 6.10.